The zero-order chi connectivity index (χ0) is 19.9. The standard InChI is InChI=1S/C17H10ClF3N6O/c18-12-4-5-14-22-13(7-15(28)26(14)8-12)9-27-24-16(23-25-27)10-2-1-3-11(6-10)17(19,20)21/h1-8H,9H2. The number of benzene rings is 1. The molecule has 3 heterocycles. The Morgan fingerprint density at radius 3 is 2.71 bits per heavy atom. The number of alkyl halides is 3. The highest BCUT2D eigenvalue weighted by molar-refractivity contribution is 6.30. The van der Waals surface area contributed by atoms with E-state index in [-0.39, 0.29) is 23.5 Å². The molecule has 3 aromatic heterocycles. The van der Waals surface area contributed by atoms with Crippen molar-refractivity contribution < 1.29 is 13.2 Å². The summed E-state index contributed by atoms with van der Waals surface area (Å²) in [5.74, 6) is 0.0374. The van der Waals surface area contributed by atoms with Gasteiger partial charge in [-0.2, -0.15) is 18.0 Å². The van der Waals surface area contributed by atoms with Crippen LogP contribution in [0.3, 0.4) is 0 Å². The van der Waals surface area contributed by atoms with Crippen molar-refractivity contribution >= 4 is 17.2 Å². The van der Waals surface area contributed by atoms with Gasteiger partial charge >= 0.3 is 6.18 Å². The van der Waals surface area contributed by atoms with Gasteiger partial charge < -0.3 is 0 Å². The zero-order valence-electron chi connectivity index (χ0n) is 13.9. The van der Waals surface area contributed by atoms with E-state index in [9.17, 15) is 18.0 Å². The van der Waals surface area contributed by atoms with Crippen LogP contribution >= 0.6 is 11.6 Å². The van der Waals surface area contributed by atoms with Gasteiger partial charge in [-0.05, 0) is 29.5 Å². The molecule has 0 fully saturated rings. The van der Waals surface area contributed by atoms with Crippen molar-refractivity contribution in [1.29, 1.82) is 0 Å². The second-order valence-corrected chi connectivity index (χ2v) is 6.32. The number of hydrogen-bond acceptors (Lipinski definition) is 5. The van der Waals surface area contributed by atoms with Gasteiger partial charge in [0.25, 0.3) is 5.56 Å². The molecular weight excluding hydrogens is 397 g/mol. The molecule has 142 valence electrons. The number of tetrazole rings is 1. The highest BCUT2D eigenvalue weighted by atomic mass is 35.5. The molecule has 4 rings (SSSR count). The summed E-state index contributed by atoms with van der Waals surface area (Å²) in [6, 6.07) is 9.15. The van der Waals surface area contributed by atoms with E-state index < -0.39 is 11.7 Å². The van der Waals surface area contributed by atoms with Crippen LogP contribution in [0.25, 0.3) is 17.0 Å². The molecule has 0 atom stereocenters. The van der Waals surface area contributed by atoms with Crippen molar-refractivity contribution in [2.24, 2.45) is 0 Å². The fourth-order valence-corrected chi connectivity index (χ4v) is 2.77. The Hall–Kier alpha value is -3.27. The van der Waals surface area contributed by atoms with Crippen molar-refractivity contribution in [3.63, 3.8) is 0 Å². The highest BCUT2D eigenvalue weighted by Crippen LogP contribution is 2.31. The minimum Gasteiger partial charge on any atom is -0.269 e. The van der Waals surface area contributed by atoms with E-state index in [0.29, 0.717) is 16.4 Å². The Morgan fingerprint density at radius 1 is 1.11 bits per heavy atom. The first kappa shape index (κ1) is 18.1. The lowest BCUT2D eigenvalue weighted by molar-refractivity contribution is -0.137. The van der Waals surface area contributed by atoms with Crippen LogP contribution in [0.5, 0.6) is 0 Å². The Balaban J connectivity index is 1.63. The predicted octanol–water partition coefficient (Wildman–Crippen LogP) is 3.07. The minimum atomic E-state index is -4.47. The maximum absolute atomic E-state index is 12.9. The van der Waals surface area contributed by atoms with Crippen LogP contribution in [0.1, 0.15) is 11.3 Å². The summed E-state index contributed by atoms with van der Waals surface area (Å²) in [4.78, 5) is 17.7. The Kier molecular flexibility index (Phi) is 4.34. The molecule has 0 aliphatic carbocycles. The third kappa shape index (κ3) is 3.58. The molecule has 0 radical (unpaired) electrons. The summed E-state index contributed by atoms with van der Waals surface area (Å²) >= 11 is 5.87. The van der Waals surface area contributed by atoms with Gasteiger partial charge in [0.15, 0.2) is 0 Å². The largest absolute Gasteiger partial charge is 0.416 e. The molecule has 0 aliphatic rings. The van der Waals surface area contributed by atoms with Gasteiger partial charge in [0.1, 0.15) is 12.2 Å². The van der Waals surface area contributed by atoms with E-state index in [1.165, 1.54) is 28.8 Å². The van der Waals surface area contributed by atoms with Crippen LogP contribution in [0, 0.1) is 0 Å². The summed E-state index contributed by atoms with van der Waals surface area (Å²) in [5.41, 5.74) is -0.183. The summed E-state index contributed by atoms with van der Waals surface area (Å²) < 4.78 is 39.9. The van der Waals surface area contributed by atoms with E-state index in [1.807, 2.05) is 0 Å². The number of pyridine rings is 1. The molecule has 0 unspecified atom stereocenters. The van der Waals surface area contributed by atoms with Crippen LogP contribution in [-0.4, -0.2) is 29.6 Å². The average molecular weight is 407 g/mol. The molecule has 0 bridgehead atoms. The molecular formula is C17H10ClF3N6O. The highest BCUT2D eigenvalue weighted by Gasteiger charge is 2.30. The Labute approximate surface area is 160 Å². The van der Waals surface area contributed by atoms with Gasteiger partial charge in [-0.3, -0.25) is 9.20 Å². The van der Waals surface area contributed by atoms with Crippen LogP contribution in [0.2, 0.25) is 5.02 Å². The first-order valence-corrected chi connectivity index (χ1v) is 8.31. The molecule has 0 saturated carbocycles. The summed E-state index contributed by atoms with van der Waals surface area (Å²) in [6.07, 6.45) is -3.01. The number of nitrogens with zero attached hydrogens (tertiary/aromatic N) is 6. The molecule has 0 spiro atoms. The van der Waals surface area contributed by atoms with E-state index in [1.54, 1.807) is 12.1 Å². The maximum Gasteiger partial charge on any atom is 0.416 e. The van der Waals surface area contributed by atoms with Crippen molar-refractivity contribution in [3.05, 3.63) is 75.3 Å². The lowest BCUT2D eigenvalue weighted by Gasteiger charge is -2.06. The van der Waals surface area contributed by atoms with Crippen molar-refractivity contribution in [1.82, 2.24) is 29.6 Å². The lowest BCUT2D eigenvalue weighted by Crippen LogP contribution is -2.17. The lowest BCUT2D eigenvalue weighted by atomic mass is 10.1. The minimum absolute atomic E-state index is 0.0281. The zero-order valence-corrected chi connectivity index (χ0v) is 14.7. The topological polar surface area (TPSA) is 78.0 Å². The van der Waals surface area contributed by atoms with Crippen LogP contribution in [0.4, 0.5) is 13.2 Å². The van der Waals surface area contributed by atoms with E-state index in [2.05, 4.69) is 20.4 Å². The van der Waals surface area contributed by atoms with Gasteiger partial charge in [0.05, 0.1) is 16.3 Å². The number of aromatic nitrogens is 6. The third-order valence-corrected chi connectivity index (χ3v) is 4.10. The first-order chi connectivity index (χ1) is 13.3. The predicted molar refractivity (Wildman–Crippen MR) is 93.8 cm³/mol. The quantitative estimate of drug-likeness (QED) is 0.522. The third-order valence-electron chi connectivity index (χ3n) is 3.88. The molecule has 0 N–H and O–H groups in total. The Bertz CT molecular complexity index is 1230. The fourth-order valence-electron chi connectivity index (χ4n) is 2.61. The van der Waals surface area contributed by atoms with Gasteiger partial charge in [-0.25, -0.2) is 4.98 Å². The normalized spacial score (nSPS) is 11.9. The molecule has 0 amide bonds. The number of fused-ring (bicyclic) bond motifs is 1. The average Bonchev–Trinajstić information content (AvgIpc) is 3.10. The van der Waals surface area contributed by atoms with Gasteiger partial charge in [0.2, 0.25) is 5.82 Å². The van der Waals surface area contributed by atoms with Crippen LogP contribution in [-0.2, 0) is 12.7 Å². The fraction of sp³-hybridized carbons (Fsp3) is 0.118. The molecule has 11 heteroatoms. The maximum atomic E-state index is 12.9. The molecule has 28 heavy (non-hydrogen) atoms. The van der Waals surface area contributed by atoms with Gasteiger partial charge in [0, 0.05) is 17.8 Å². The van der Waals surface area contributed by atoms with E-state index in [4.69, 9.17) is 11.6 Å². The van der Waals surface area contributed by atoms with Crippen molar-refractivity contribution in [3.8, 4) is 11.4 Å². The molecule has 4 aromatic rings. The van der Waals surface area contributed by atoms with Gasteiger partial charge in [-0.15, -0.1) is 10.2 Å². The summed E-state index contributed by atoms with van der Waals surface area (Å²) in [7, 11) is 0. The molecule has 0 saturated heterocycles. The van der Waals surface area contributed by atoms with E-state index in [0.717, 1.165) is 16.9 Å². The number of halogens is 4. The monoisotopic (exact) mass is 406 g/mol. The SMILES string of the molecule is O=c1cc(Cn2nnc(-c3cccc(C(F)(F)F)c3)n2)nc2ccc(Cl)cn12. The summed E-state index contributed by atoms with van der Waals surface area (Å²) in [5, 5.41) is 12.1. The first-order valence-electron chi connectivity index (χ1n) is 7.93. The number of rotatable bonds is 3. The van der Waals surface area contributed by atoms with Crippen LogP contribution < -0.4 is 5.56 Å². The molecule has 0 aliphatic heterocycles. The Morgan fingerprint density at radius 2 is 1.93 bits per heavy atom. The van der Waals surface area contributed by atoms with E-state index >= 15 is 0 Å². The molecule has 7 nitrogen and oxygen atoms in total. The van der Waals surface area contributed by atoms with Gasteiger partial charge in [-0.1, -0.05) is 23.7 Å². The summed E-state index contributed by atoms with van der Waals surface area (Å²) in [6.45, 7) is 0.0281. The second-order valence-electron chi connectivity index (χ2n) is 5.88. The number of hydrogen-bond donors (Lipinski definition) is 0. The molecule has 1 aromatic carbocycles. The smallest absolute Gasteiger partial charge is 0.269 e. The van der Waals surface area contributed by atoms with Crippen LogP contribution in [0.15, 0.2) is 53.5 Å². The second kappa shape index (κ2) is 6.71. The van der Waals surface area contributed by atoms with Crippen molar-refractivity contribution in [2.45, 2.75) is 12.7 Å². The van der Waals surface area contributed by atoms with Crippen molar-refractivity contribution in [2.75, 3.05) is 0 Å².